The minimum Gasteiger partial charge on any atom is -0.493 e. The summed E-state index contributed by atoms with van der Waals surface area (Å²) in [6, 6.07) is 17.2. The number of nitrogens with zero attached hydrogens (tertiary/aromatic N) is 1. The molecule has 0 saturated heterocycles. The number of aromatic nitrogens is 2. The predicted octanol–water partition coefficient (Wildman–Crippen LogP) is 5.53. The molecule has 0 fully saturated rings. The first-order chi connectivity index (χ1) is 12.8. The van der Waals surface area contributed by atoms with Gasteiger partial charge in [-0.25, -0.2) is 4.98 Å². The number of hydrogen-bond acceptors (Lipinski definition) is 2. The van der Waals surface area contributed by atoms with Crippen LogP contribution in [0.4, 0.5) is 0 Å². The molecule has 0 aliphatic carbocycles. The molecule has 5 rings (SSSR count). The van der Waals surface area contributed by atoms with Crippen molar-refractivity contribution in [1.29, 1.82) is 0 Å². The number of benzene rings is 2. The van der Waals surface area contributed by atoms with E-state index in [4.69, 9.17) is 4.74 Å². The summed E-state index contributed by atoms with van der Waals surface area (Å²) < 4.78 is 5.75. The lowest BCUT2D eigenvalue weighted by molar-refractivity contribution is 0.288. The van der Waals surface area contributed by atoms with E-state index < -0.39 is 0 Å². The average molecular weight is 340 g/mol. The van der Waals surface area contributed by atoms with Gasteiger partial charge in [-0.05, 0) is 60.2 Å². The van der Waals surface area contributed by atoms with Crippen LogP contribution >= 0.6 is 0 Å². The van der Waals surface area contributed by atoms with Crippen molar-refractivity contribution in [3.63, 3.8) is 0 Å². The highest BCUT2D eigenvalue weighted by Gasteiger charge is 2.14. The van der Waals surface area contributed by atoms with Crippen molar-refractivity contribution in [2.75, 3.05) is 6.61 Å². The summed E-state index contributed by atoms with van der Waals surface area (Å²) in [5.41, 5.74) is 8.26. The Morgan fingerprint density at radius 2 is 1.92 bits per heavy atom. The van der Waals surface area contributed by atoms with Crippen LogP contribution in [0, 0.1) is 6.92 Å². The topological polar surface area (TPSA) is 37.9 Å². The Labute approximate surface area is 152 Å². The van der Waals surface area contributed by atoms with Crippen LogP contribution in [0.1, 0.15) is 17.5 Å². The van der Waals surface area contributed by atoms with E-state index in [0.717, 1.165) is 41.8 Å². The van der Waals surface area contributed by atoms with Gasteiger partial charge in [-0.3, -0.25) is 0 Å². The molecule has 0 atom stereocenters. The quantitative estimate of drug-likeness (QED) is 0.521. The van der Waals surface area contributed by atoms with Gasteiger partial charge in [0.25, 0.3) is 0 Å². The number of ether oxygens (including phenoxy) is 1. The Balaban J connectivity index is 1.65. The van der Waals surface area contributed by atoms with Crippen LogP contribution in [0.2, 0.25) is 0 Å². The van der Waals surface area contributed by atoms with Gasteiger partial charge >= 0.3 is 0 Å². The van der Waals surface area contributed by atoms with Crippen LogP contribution in [0.25, 0.3) is 33.3 Å². The lowest BCUT2D eigenvalue weighted by Gasteiger charge is -2.17. The second kappa shape index (κ2) is 6.03. The van der Waals surface area contributed by atoms with E-state index in [1.54, 1.807) is 0 Å². The smallest absolute Gasteiger partial charge is 0.137 e. The number of hydrogen-bond donors (Lipinski definition) is 1. The molecule has 2 aromatic carbocycles. The fourth-order valence-electron chi connectivity index (χ4n) is 3.81. The molecular weight excluding hydrogens is 320 g/mol. The van der Waals surface area contributed by atoms with E-state index in [1.165, 1.54) is 27.8 Å². The first kappa shape index (κ1) is 15.2. The number of fused-ring (bicyclic) bond motifs is 2. The number of pyridine rings is 1. The van der Waals surface area contributed by atoms with Crippen LogP contribution in [0.3, 0.4) is 0 Å². The highest BCUT2D eigenvalue weighted by Crippen LogP contribution is 2.35. The molecule has 0 unspecified atom stereocenters. The van der Waals surface area contributed by atoms with Crippen molar-refractivity contribution in [2.45, 2.75) is 19.8 Å². The molecule has 0 saturated carbocycles. The second-order valence-corrected chi connectivity index (χ2v) is 6.91. The second-order valence-electron chi connectivity index (χ2n) is 6.91. The van der Waals surface area contributed by atoms with Gasteiger partial charge in [-0.1, -0.05) is 30.3 Å². The molecule has 0 radical (unpaired) electrons. The van der Waals surface area contributed by atoms with E-state index >= 15 is 0 Å². The molecule has 3 nitrogen and oxygen atoms in total. The number of nitrogens with one attached hydrogen (secondary N) is 1. The third kappa shape index (κ3) is 2.48. The molecule has 2 aromatic heterocycles. The molecule has 0 amide bonds. The van der Waals surface area contributed by atoms with Gasteiger partial charge in [0.2, 0.25) is 0 Å². The van der Waals surface area contributed by atoms with Crippen molar-refractivity contribution in [3.05, 3.63) is 72.1 Å². The molecule has 0 bridgehead atoms. The maximum atomic E-state index is 5.75. The Kier molecular flexibility index (Phi) is 3.52. The first-order valence-corrected chi connectivity index (χ1v) is 9.09. The number of rotatable bonds is 2. The fraction of sp³-hybridized carbons (Fsp3) is 0.174. The summed E-state index contributed by atoms with van der Waals surface area (Å²) in [6.07, 6.45) is 6.18. The Bertz CT molecular complexity index is 1110. The third-order valence-corrected chi connectivity index (χ3v) is 5.21. The summed E-state index contributed by atoms with van der Waals surface area (Å²) in [7, 11) is 0. The molecule has 3 heteroatoms. The SMILES string of the molecule is Cc1ccccc1-c1cnc2[nH]cc(-c3ccc4c(c3)CCCO4)c2c1. The number of H-pyrrole nitrogens is 1. The van der Waals surface area contributed by atoms with E-state index in [1.807, 2.05) is 6.20 Å². The van der Waals surface area contributed by atoms with E-state index in [0.29, 0.717) is 0 Å². The zero-order valence-corrected chi connectivity index (χ0v) is 14.8. The zero-order chi connectivity index (χ0) is 17.5. The van der Waals surface area contributed by atoms with Gasteiger partial charge in [0.05, 0.1) is 6.61 Å². The van der Waals surface area contributed by atoms with Crippen molar-refractivity contribution in [1.82, 2.24) is 9.97 Å². The molecule has 26 heavy (non-hydrogen) atoms. The van der Waals surface area contributed by atoms with Gasteiger partial charge in [-0.2, -0.15) is 0 Å². The van der Waals surface area contributed by atoms with Crippen LogP contribution < -0.4 is 4.74 Å². The predicted molar refractivity (Wildman–Crippen MR) is 106 cm³/mol. The maximum Gasteiger partial charge on any atom is 0.137 e. The summed E-state index contributed by atoms with van der Waals surface area (Å²) in [4.78, 5) is 7.97. The molecular formula is C23H20N2O. The molecule has 128 valence electrons. The normalized spacial score (nSPS) is 13.4. The van der Waals surface area contributed by atoms with E-state index in [-0.39, 0.29) is 0 Å². The molecule has 1 N–H and O–H groups in total. The summed E-state index contributed by atoms with van der Waals surface area (Å²) in [5, 5.41) is 1.16. The van der Waals surface area contributed by atoms with Crippen molar-refractivity contribution < 1.29 is 4.74 Å². The standard InChI is InChI=1S/C23H20N2O/c1-15-5-2-3-7-19(15)18-12-20-21(14-25-23(20)24-13-18)16-8-9-22-17(11-16)6-4-10-26-22/h2-3,5,7-9,11-14H,4,6,10H2,1H3,(H,24,25). The molecule has 4 aromatic rings. The van der Waals surface area contributed by atoms with Crippen molar-refractivity contribution in [3.8, 4) is 28.0 Å². The first-order valence-electron chi connectivity index (χ1n) is 9.09. The molecule has 1 aliphatic heterocycles. The average Bonchev–Trinajstić information content (AvgIpc) is 3.11. The Morgan fingerprint density at radius 1 is 1.00 bits per heavy atom. The summed E-state index contributed by atoms with van der Waals surface area (Å²) in [5.74, 6) is 1.03. The van der Waals surface area contributed by atoms with Gasteiger partial charge in [-0.15, -0.1) is 0 Å². The maximum absolute atomic E-state index is 5.75. The van der Waals surface area contributed by atoms with Crippen LogP contribution in [-0.4, -0.2) is 16.6 Å². The van der Waals surface area contributed by atoms with Crippen molar-refractivity contribution in [2.24, 2.45) is 0 Å². The van der Waals surface area contributed by atoms with Gasteiger partial charge < -0.3 is 9.72 Å². The van der Waals surface area contributed by atoms with Crippen LogP contribution in [0.5, 0.6) is 5.75 Å². The lowest BCUT2D eigenvalue weighted by atomic mass is 9.97. The molecule has 1 aliphatic rings. The molecule has 0 spiro atoms. The monoisotopic (exact) mass is 340 g/mol. The number of aryl methyl sites for hydroxylation is 2. The highest BCUT2D eigenvalue weighted by molar-refractivity contribution is 5.96. The fourth-order valence-corrected chi connectivity index (χ4v) is 3.81. The van der Waals surface area contributed by atoms with Crippen LogP contribution in [0.15, 0.2) is 60.9 Å². The summed E-state index contributed by atoms with van der Waals surface area (Å²) in [6.45, 7) is 2.96. The third-order valence-electron chi connectivity index (χ3n) is 5.21. The molecule has 3 heterocycles. The summed E-state index contributed by atoms with van der Waals surface area (Å²) >= 11 is 0. The minimum absolute atomic E-state index is 0.823. The minimum atomic E-state index is 0.823. The van der Waals surface area contributed by atoms with Crippen molar-refractivity contribution >= 4 is 11.0 Å². The largest absolute Gasteiger partial charge is 0.493 e. The van der Waals surface area contributed by atoms with Gasteiger partial charge in [0.1, 0.15) is 11.4 Å². The number of aromatic amines is 1. The van der Waals surface area contributed by atoms with Gasteiger partial charge in [0.15, 0.2) is 0 Å². The van der Waals surface area contributed by atoms with E-state index in [9.17, 15) is 0 Å². The Morgan fingerprint density at radius 3 is 2.85 bits per heavy atom. The zero-order valence-electron chi connectivity index (χ0n) is 14.8. The van der Waals surface area contributed by atoms with E-state index in [2.05, 4.69) is 71.6 Å². The van der Waals surface area contributed by atoms with Gasteiger partial charge in [0, 0.05) is 28.9 Å². The highest BCUT2D eigenvalue weighted by atomic mass is 16.5. The Hall–Kier alpha value is -3.07. The lowest BCUT2D eigenvalue weighted by Crippen LogP contribution is -2.07. The van der Waals surface area contributed by atoms with Crippen LogP contribution in [-0.2, 0) is 6.42 Å².